The van der Waals surface area contributed by atoms with E-state index in [1.165, 1.54) is 20.2 Å². The molecule has 0 aliphatic heterocycles. The molecule has 0 unspecified atom stereocenters. The standard InChI is InChI=1S/C24H29N3O5S/c1-15-11-21(33(29,30)27(5)6)13-23(16(15)2)25-24(28)12-19-7-9-20(10-8-19)31-14-22-17(3)26-32-18(22)4/h7-11,13H,12,14H2,1-6H3,(H,25,28). The fourth-order valence-electron chi connectivity index (χ4n) is 3.26. The summed E-state index contributed by atoms with van der Waals surface area (Å²) in [7, 11) is -0.654. The molecule has 0 saturated carbocycles. The summed E-state index contributed by atoms with van der Waals surface area (Å²) in [6.07, 6.45) is 0.146. The number of sulfonamides is 1. The van der Waals surface area contributed by atoms with E-state index in [-0.39, 0.29) is 17.2 Å². The number of nitrogens with zero attached hydrogens (tertiary/aromatic N) is 2. The lowest BCUT2D eigenvalue weighted by Crippen LogP contribution is -2.23. The van der Waals surface area contributed by atoms with Gasteiger partial charge in [-0.15, -0.1) is 0 Å². The van der Waals surface area contributed by atoms with Gasteiger partial charge in [-0.25, -0.2) is 12.7 Å². The number of carbonyl (C=O) groups excluding carboxylic acids is 1. The van der Waals surface area contributed by atoms with E-state index in [0.29, 0.717) is 18.0 Å². The van der Waals surface area contributed by atoms with Gasteiger partial charge in [-0.1, -0.05) is 17.3 Å². The van der Waals surface area contributed by atoms with Crippen LogP contribution in [0.2, 0.25) is 0 Å². The number of rotatable bonds is 8. The Hall–Kier alpha value is -3.17. The molecule has 2 aromatic carbocycles. The minimum absolute atomic E-state index is 0.144. The SMILES string of the molecule is Cc1cc(S(=O)(=O)N(C)C)cc(NC(=O)Cc2ccc(OCc3c(C)noc3C)cc2)c1C. The first kappa shape index (κ1) is 24.5. The molecule has 0 bridgehead atoms. The second-order valence-electron chi connectivity index (χ2n) is 8.16. The van der Waals surface area contributed by atoms with Gasteiger partial charge in [-0.3, -0.25) is 4.79 Å². The van der Waals surface area contributed by atoms with Crippen LogP contribution < -0.4 is 10.1 Å². The van der Waals surface area contributed by atoms with E-state index in [4.69, 9.17) is 9.26 Å². The second kappa shape index (κ2) is 9.76. The molecule has 1 aromatic heterocycles. The summed E-state index contributed by atoms with van der Waals surface area (Å²) in [5, 5.41) is 6.76. The number of benzene rings is 2. The van der Waals surface area contributed by atoms with Crippen LogP contribution in [-0.4, -0.2) is 37.9 Å². The molecular weight excluding hydrogens is 442 g/mol. The van der Waals surface area contributed by atoms with Gasteiger partial charge < -0.3 is 14.6 Å². The molecule has 176 valence electrons. The second-order valence-corrected chi connectivity index (χ2v) is 10.3. The van der Waals surface area contributed by atoms with Crippen molar-refractivity contribution in [1.29, 1.82) is 0 Å². The smallest absolute Gasteiger partial charge is 0.242 e. The molecule has 1 amide bonds. The van der Waals surface area contributed by atoms with Crippen LogP contribution in [0, 0.1) is 27.7 Å². The van der Waals surface area contributed by atoms with Gasteiger partial charge in [0.25, 0.3) is 0 Å². The lowest BCUT2D eigenvalue weighted by molar-refractivity contribution is -0.115. The molecule has 1 N–H and O–H groups in total. The Morgan fingerprint density at radius 2 is 1.76 bits per heavy atom. The van der Waals surface area contributed by atoms with Crippen LogP contribution >= 0.6 is 0 Å². The van der Waals surface area contributed by atoms with E-state index in [1.807, 2.05) is 39.8 Å². The third kappa shape index (κ3) is 5.61. The normalized spacial score (nSPS) is 11.6. The van der Waals surface area contributed by atoms with Gasteiger partial charge in [0.1, 0.15) is 18.1 Å². The van der Waals surface area contributed by atoms with Gasteiger partial charge >= 0.3 is 0 Å². The molecule has 3 rings (SSSR count). The van der Waals surface area contributed by atoms with Crippen molar-refractivity contribution in [3.8, 4) is 5.75 Å². The van der Waals surface area contributed by atoms with Crippen LogP contribution in [0.5, 0.6) is 5.75 Å². The van der Waals surface area contributed by atoms with Crippen LogP contribution in [0.4, 0.5) is 5.69 Å². The van der Waals surface area contributed by atoms with Gasteiger partial charge in [-0.05, 0) is 68.7 Å². The Bertz CT molecular complexity index is 1240. The average molecular weight is 472 g/mol. The molecule has 9 heteroatoms. The molecule has 0 radical (unpaired) electrons. The third-order valence-electron chi connectivity index (χ3n) is 5.55. The third-order valence-corrected chi connectivity index (χ3v) is 7.34. The highest BCUT2D eigenvalue weighted by Crippen LogP contribution is 2.26. The van der Waals surface area contributed by atoms with Crippen LogP contribution in [0.3, 0.4) is 0 Å². The molecule has 1 heterocycles. The van der Waals surface area contributed by atoms with E-state index in [9.17, 15) is 13.2 Å². The Morgan fingerprint density at radius 3 is 2.33 bits per heavy atom. The highest BCUT2D eigenvalue weighted by Gasteiger charge is 2.20. The first-order valence-electron chi connectivity index (χ1n) is 10.5. The van der Waals surface area contributed by atoms with Gasteiger partial charge in [0.2, 0.25) is 15.9 Å². The van der Waals surface area contributed by atoms with Crippen molar-refractivity contribution in [2.24, 2.45) is 0 Å². The lowest BCUT2D eigenvalue weighted by atomic mass is 10.1. The molecule has 0 spiro atoms. The summed E-state index contributed by atoms with van der Waals surface area (Å²) in [5.74, 6) is 1.17. The summed E-state index contributed by atoms with van der Waals surface area (Å²) in [4.78, 5) is 12.8. The molecule has 0 atom stereocenters. The quantitative estimate of drug-likeness (QED) is 0.534. The van der Waals surface area contributed by atoms with Crippen molar-refractivity contribution in [3.05, 3.63) is 70.1 Å². The fourth-order valence-corrected chi connectivity index (χ4v) is 4.28. The molecule has 3 aromatic rings. The van der Waals surface area contributed by atoms with Crippen LogP contribution in [0.25, 0.3) is 0 Å². The van der Waals surface area contributed by atoms with Crippen molar-refractivity contribution in [2.45, 2.75) is 45.6 Å². The van der Waals surface area contributed by atoms with Gasteiger partial charge in [0, 0.05) is 19.8 Å². The largest absolute Gasteiger partial charge is 0.489 e. The van der Waals surface area contributed by atoms with E-state index >= 15 is 0 Å². The van der Waals surface area contributed by atoms with E-state index in [0.717, 1.165) is 38.0 Å². The first-order valence-corrected chi connectivity index (χ1v) is 11.9. The maximum absolute atomic E-state index is 12.7. The predicted octanol–water partition coefficient (Wildman–Crippen LogP) is 3.92. The fraction of sp³-hybridized carbons (Fsp3) is 0.333. The predicted molar refractivity (Wildman–Crippen MR) is 126 cm³/mol. The Balaban J connectivity index is 1.67. The molecule has 8 nitrogen and oxygen atoms in total. The molecule has 0 fully saturated rings. The minimum atomic E-state index is -3.61. The maximum atomic E-state index is 12.7. The van der Waals surface area contributed by atoms with Crippen molar-refractivity contribution < 1.29 is 22.5 Å². The van der Waals surface area contributed by atoms with Gasteiger partial charge in [-0.2, -0.15) is 0 Å². The number of hydrogen-bond donors (Lipinski definition) is 1. The number of aryl methyl sites for hydroxylation is 3. The Morgan fingerprint density at radius 1 is 1.09 bits per heavy atom. The summed E-state index contributed by atoms with van der Waals surface area (Å²) >= 11 is 0. The van der Waals surface area contributed by atoms with Crippen LogP contribution in [0.1, 0.15) is 33.7 Å². The number of ether oxygens (including phenoxy) is 1. The monoisotopic (exact) mass is 471 g/mol. The number of aromatic nitrogens is 1. The molecule has 0 aliphatic carbocycles. The minimum Gasteiger partial charge on any atom is -0.489 e. The van der Waals surface area contributed by atoms with Crippen molar-refractivity contribution in [3.63, 3.8) is 0 Å². The Labute approximate surface area is 194 Å². The number of anilines is 1. The number of amides is 1. The van der Waals surface area contributed by atoms with Crippen molar-refractivity contribution in [2.75, 3.05) is 19.4 Å². The van der Waals surface area contributed by atoms with E-state index in [2.05, 4.69) is 10.5 Å². The van der Waals surface area contributed by atoms with E-state index < -0.39 is 10.0 Å². The summed E-state index contributed by atoms with van der Waals surface area (Å²) in [5.41, 5.74) is 4.62. The van der Waals surface area contributed by atoms with E-state index in [1.54, 1.807) is 18.2 Å². The molecule has 0 saturated heterocycles. The zero-order valence-electron chi connectivity index (χ0n) is 19.7. The lowest BCUT2D eigenvalue weighted by Gasteiger charge is -2.16. The van der Waals surface area contributed by atoms with Crippen LogP contribution in [0.15, 0.2) is 45.8 Å². The van der Waals surface area contributed by atoms with Crippen molar-refractivity contribution >= 4 is 21.6 Å². The molecule has 0 aliphatic rings. The topological polar surface area (TPSA) is 102 Å². The molecular formula is C24H29N3O5S. The summed E-state index contributed by atoms with van der Waals surface area (Å²) in [6, 6.07) is 10.4. The highest BCUT2D eigenvalue weighted by atomic mass is 32.2. The number of carbonyl (C=O) groups is 1. The maximum Gasteiger partial charge on any atom is 0.242 e. The summed E-state index contributed by atoms with van der Waals surface area (Å²) < 4.78 is 37.1. The molecule has 33 heavy (non-hydrogen) atoms. The van der Waals surface area contributed by atoms with Gasteiger partial charge in [0.05, 0.1) is 22.6 Å². The summed E-state index contributed by atoms with van der Waals surface area (Å²) in [6.45, 7) is 7.73. The highest BCUT2D eigenvalue weighted by molar-refractivity contribution is 7.89. The first-order chi connectivity index (χ1) is 15.5. The number of hydrogen-bond acceptors (Lipinski definition) is 6. The average Bonchev–Trinajstić information content (AvgIpc) is 3.07. The number of nitrogens with one attached hydrogen (secondary N) is 1. The van der Waals surface area contributed by atoms with Crippen LogP contribution in [-0.2, 0) is 27.8 Å². The van der Waals surface area contributed by atoms with Gasteiger partial charge in [0.15, 0.2) is 0 Å². The Kier molecular flexibility index (Phi) is 7.24. The zero-order chi connectivity index (χ0) is 24.3. The van der Waals surface area contributed by atoms with Crippen molar-refractivity contribution in [1.82, 2.24) is 9.46 Å². The zero-order valence-corrected chi connectivity index (χ0v) is 20.5.